The van der Waals surface area contributed by atoms with Crippen LogP contribution >= 0.6 is 11.3 Å². The van der Waals surface area contributed by atoms with Crippen molar-refractivity contribution in [2.75, 3.05) is 0 Å². The molecule has 2 N–H and O–H groups in total. The van der Waals surface area contributed by atoms with Gasteiger partial charge < -0.3 is 4.52 Å². The topological polar surface area (TPSA) is 84.2 Å². The fraction of sp³-hybridized carbons (Fsp3) is 0.167. The summed E-state index contributed by atoms with van der Waals surface area (Å²) in [6, 6.07) is 12.9. The van der Waals surface area contributed by atoms with Gasteiger partial charge in [0.25, 0.3) is 5.91 Å². The number of hydrazine groups is 1. The van der Waals surface area contributed by atoms with Gasteiger partial charge in [0.15, 0.2) is 0 Å². The molecule has 0 spiro atoms. The van der Waals surface area contributed by atoms with Crippen molar-refractivity contribution >= 4 is 23.2 Å². The molecule has 0 aliphatic rings. The summed E-state index contributed by atoms with van der Waals surface area (Å²) in [4.78, 5) is 25.5. The maximum atomic E-state index is 12.2. The molecule has 25 heavy (non-hydrogen) atoms. The Morgan fingerprint density at radius 1 is 1.08 bits per heavy atom. The van der Waals surface area contributed by atoms with Crippen LogP contribution in [-0.4, -0.2) is 17.0 Å². The molecular weight excluding hydrogens is 338 g/mol. The minimum atomic E-state index is -0.357. The molecule has 3 rings (SSSR count). The van der Waals surface area contributed by atoms with Gasteiger partial charge >= 0.3 is 0 Å². The van der Waals surface area contributed by atoms with Crippen molar-refractivity contribution in [3.8, 4) is 10.4 Å². The molecule has 0 saturated heterocycles. The van der Waals surface area contributed by atoms with Crippen molar-refractivity contribution in [3.05, 3.63) is 64.4 Å². The molecule has 6 nitrogen and oxygen atoms in total. The predicted octanol–water partition coefficient (Wildman–Crippen LogP) is 3.02. The highest BCUT2D eigenvalue weighted by Gasteiger charge is 2.16. The van der Waals surface area contributed by atoms with E-state index in [1.807, 2.05) is 50.2 Å². The summed E-state index contributed by atoms with van der Waals surface area (Å²) in [6.07, 6.45) is 0.204. The van der Waals surface area contributed by atoms with E-state index in [9.17, 15) is 9.59 Å². The Morgan fingerprint density at radius 2 is 1.84 bits per heavy atom. The Balaban J connectivity index is 1.60. The molecule has 2 amide bonds. The highest BCUT2D eigenvalue weighted by molar-refractivity contribution is 7.17. The molecule has 0 bridgehead atoms. The number of carbonyl (C=O) groups is 2. The second kappa shape index (κ2) is 7.31. The van der Waals surface area contributed by atoms with Crippen LogP contribution in [-0.2, 0) is 11.2 Å². The van der Waals surface area contributed by atoms with Gasteiger partial charge in [-0.15, -0.1) is 11.3 Å². The Morgan fingerprint density at radius 3 is 2.52 bits per heavy atom. The molecular formula is C18H17N3O3S. The third kappa shape index (κ3) is 3.95. The summed E-state index contributed by atoms with van der Waals surface area (Å²) in [7, 11) is 0. The second-order valence-corrected chi connectivity index (χ2v) is 6.61. The van der Waals surface area contributed by atoms with Crippen molar-refractivity contribution in [3.63, 3.8) is 0 Å². The molecule has 0 unspecified atom stereocenters. The van der Waals surface area contributed by atoms with E-state index in [1.54, 1.807) is 6.07 Å². The highest BCUT2D eigenvalue weighted by atomic mass is 32.1. The molecule has 3 aromatic rings. The number of hydrogen-bond acceptors (Lipinski definition) is 5. The lowest BCUT2D eigenvalue weighted by Crippen LogP contribution is -2.42. The van der Waals surface area contributed by atoms with Crippen molar-refractivity contribution < 1.29 is 14.1 Å². The van der Waals surface area contributed by atoms with Crippen LogP contribution in [0, 0.1) is 13.8 Å². The van der Waals surface area contributed by atoms with Crippen LogP contribution in [0.1, 0.15) is 26.7 Å². The molecule has 7 heteroatoms. The fourth-order valence-corrected chi connectivity index (χ4v) is 3.49. The van der Waals surface area contributed by atoms with Gasteiger partial charge in [-0.2, -0.15) is 0 Å². The summed E-state index contributed by atoms with van der Waals surface area (Å²) in [5.74, 6) is 0.0777. The van der Waals surface area contributed by atoms with Crippen LogP contribution in [0.15, 0.2) is 47.0 Å². The molecule has 0 fully saturated rings. The smallest absolute Gasteiger partial charge is 0.279 e. The highest BCUT2D eigenvalue weighted by Crippen LogP contribution is 2.32. The maximum absolute atomic E-state index is 12.2. The number of carbonyl (C=O) groups excluding carboxylic acids is 2. The van der Waals surface area contributed by atoms with Gasteiger partial charge in [-0.05, 0) is 31.5 Å². The maximum Gasteiger partial charge on any atom is 0.279 e. The minimum Gasteiger partial charge on any atom is -0.361 e. The third-order valence-corrected chi connectivity index (χ3v) is 4.73. The first-order valence-corrected chi connectivity index (χ1v) is 8.52. The number of nitrogens with zero attached hydrogens (tertiary/aromatic N) is 1. The average Bonchev–Trinajstić information content (AvgIpc) is 3.20. The summed E-state index contributed by atoms with van der Waals surface area (Å²) < 4.78 is 5.15. The second-order valence-electron chi connectivity index (χ2n) is 5.53. The van der Waals surface area contributed by atoms with Crippen molar-refractivity contribution in [2.24, 2.45) is 0 Å². The van der Waals surface area contributed by atoms with Gasteiger partial charge in [0.2, 0.25) is 5.91 Å². The lowest BCUT2D eigenvalue weighted by atomic mass is 10.1. The lowest BCUT2D eigenvalue weighted by molar-refractivity contribution is -0.121. The van der Waals surface area contributed by atoms with Gasteiger partial charge in [-0.1, -0.05) is 35.5 Å². The Labute approximate surface area is 148 Å². The van der Waals surface area contributed by atoms with Gasteiger partial charge in [0.1, 0.15) is 5.76 Å². The number of thiophene rings is 1. The first-order chi connectivity index (χ1) is 12.0. The molecule has 128 valence electrons. The summed E-state index contributed by atoms with van der Waals surface area (Å²) in [5.41, 5.74) is 7.43. The average molecular weight is 355 g/mol. The molecule has 0 aliphatic heterocycles. The first-order valence-electron chi connectivity index (χ1n) is 7.71. The molecule has 0 atom stereocenters. The van der Waals surface area contributed by atoms with Gasteiger partial charge in [-0.25, -0.2) is 0 Å². The zero-order valence-electron chi connectivity index (χ0n) is 13.8. The van der Waals surface area contributed by atoms with E-state index in [0.29, 0.717) is 10.6 Å². The van der Waals surface area contributed by atoms with E-state index in [-0.39, 0.29) is 18.2 Å². The van der Waals surface area contributed by atoms with Crippen molar-refractivity contribution in [1.29, 1.82) is 0 Å². The van der Waals surface area contributed by atoms with Crippen LogP contribution in [0.4, 0.5) is 0 Å². The van der Waals surface area contributed by atoms with E-state index in [1.165, 1.54) is 11.3 Å². The Bertz CT molecular complexity index is 880. The van der Waals surface area contributed by atoms with Gasteiger partial charge in [0, 0.05) is 4.88 Å². The zero-order chi connectivity index (χ0) is 17.8. The largest absolute Gasteiger partial charge is 0.361 e. The van der Waals surface area contributed by atoms with E-state index >= 15 is 0 Å². The van der Waals surface area contributed by atoms with Crippen molar-refractivity contribution in [1.82, 2.24) is 16.0 Å². The summed E-state index contributed by atoms with van der Waals surface area (Å²) >= 11 is 1.32. The molecule has 2 heterocycles. The first kappa shape index (κ1) is 16.9. The predicted molar refractivity (Wildman–Crippen MR) is 95.0 cm³/mol. The molecule has 0 radical (unpaired) electrons. The quantitative estimate of drug-likeness (QED) is 0.705. The SMILES string of the molecule is Cc1noc(C)c1-c1ccc(C(=O)NNC(=O)Cc2ccccc2)s1. The number of aromatic nitrogens is 1. The number of hydrogen-bond donors (Lipinski definition) is 2. The van der Waals surface area contributed by atoms with E-state index in [0.717, 1.165) is 21.7 Å². The minimum absolute atomic E-state index is 0.204. The summed E-state index contributed by atoms with van der Waals surface area (Å²) in [5, 5.41) is 3.92. The molecule has 0 aliphatic carbocycles. The Kier molecular flexibility index (Phi) is 4.95. The number of nitrogens with one attached hydrogen (secondary N) is 2. The third-order valence-electron chi connectivity index (χ3n) is 3.63. The Hall–Kier alpha value is -2.93. The number of benzene rings is 1. The molecule has 2 aromatic heterocycles. The van der Waals surface area contributed by atoms with E-state index in [4.69, 9.17) is 4.52 Å². The fourth-order valence-electron chi connectivity index (χ4n) is 2.44. The van der Waals surface area contributed by atoms with Crippen LogP contribution in [0.25, 0.3) is 10.4 Å². The molecule has 1 aromatic carbocycles. The van der Waals surface area contributed by atoms with Gasteiger partial charge in [-0.3, -0.25) is 20.4 Å². The standard InChI is InChI=1S/C18H17N3O3S/c1-11-17(12(2)24-21-11)14-8-9-15(25-14)18(23)20-19-16(22)10-13-6-4-3-5-7-13/h3-9H,10H2,1-2H3,(H,19,22)(H,20,23). The zero-order valence-corrected chi connectivity index (χ0v) is 14.6. The number of aryl methyl sites for hydroxylation is 2. The van der Waals surface area contributed by atoms with Crippen LogP contribution in [0.5, 0.6) is 0 Å². The lowest BCUT2D eigenvalue weighted by Gasteiger charge is -2.06. The summed E-state index contributed by atoms with van der Waals surface area (Å²) in [6.45, 7) is 3.69. The van der Waals surface area contributed by atoms with E-state index in [2.05, 4.69) is 16.0 Å². The molecule has 0 saturated carbocycles. The van der Waals surface area contributed by atoms with Crippen LogP contribution < -0.4 is 10.9 Å². The normalized spacial score (nSPS) is 10.5. The number of rotatable bonds is 4. The van der Waals surface area contributed by atoms with Crippen LogP contribution in [0.2, 0.25) is 0 Å². The van der Waals surface area contributed by atoms with Crippen LogP contribution in [0.3, 0.4) is 0 Å². The van der Waals surface area contributed by atoms with E-state index < -0.39 is 0 Å². The number of amides is 2. The van der Waals surface area contributed by atoms with Crippen molar-refractivity contribution in [2.45, 2.75) is 20.3 Å². The monoisotopic (exact) mass is 355 g/mol. The van der Waals surface area contributed by atoms with Gasteiger partial charge in [0.05, 0.1) is 22.6 Å².